The fraction of sp³-hybridized carbons (Fsp3) is 0.385. The monoisotopic (exact) mass is 276 g/mol. The van der Waals surface area contributed by atoms with E-state index in [1.807, 2.05) is 23.7 Å². The van der Waals surface area contributed by atoms with Crippen LogP contribution in [0.2, 0.25) is 0 Å². The zero-order valence-electron chi connectivity index (χ0n) is 10.5. The molecule has 1 saturated heterocycles. The number of anilines is 1. The van der Waals surface area contributed by atoms with Crippen molar-refractivity contribution in [1.82, 2.24) is 14.9 Å². The molecular formula is C13H16N4OS. The van der Waals surface area contributed by atoms with Crippen LogP contribution < -0.4 is 5.73 Å². The van der Waals surface area contributed by atoms with E-state index in [9.17, 15) is 0 Å². The second-order valence-corrected chi connectivity index (χ2v) is 5.49. The predicted molar refractivity (Wildman–Crippen MR) is 74.7 cm³/mol. The minimum atomic E-state index is -0.00258. The van der Waals surface area contributed by atoms with Crippen LogP contribution in [-0.2, 0) is 11.3 Å². The summed E-state index contributed by atoms with van der Waals surface area (Å²) in [4.78, 5) is 11.0. The van der Waals surface area contributed by atoms with Gasteiger partial charge in [0.1, 0.15) is 16.9 Å². The lowest BCUT2D eigenvalue weighted by molar-refractivity contribution is -0.0349. The maximum Gasteiger partial charge on any atom is 0.123 e. The third-order valence-corrected chi connectivity index (χ3v) is 3.88. The lowest BCUT2D eigenvalue weighted by Crippen LogP contribution is -2.38. The van der Waals surface area contributed by atoms with E-state index in [0.29, 0.717) is 12.4 Å². The minimum Gasteiger partial charge on any atom is -0.384 e. The predicted octanol–water partition coefficient (Wildman–Crippen LogP) is 1.69. The van der Waals surface area contributed by atoms with Crippen LogP contribution in [0.25, 0.3) is 0 Å². The van der Waals surface area contributed by atoms with Crippen LogP contribution in [0.15, 0.2) is 29.8 Å². The Morgan fingerprint density at radius 3 is 3.21 bits per heavy atom. The highest BCUT2D eigenvalue weighted by Gasteiger charge is 2.23. The van der Waals surface area contributed by atoms with E-state index in [1.54, 1.807) is 17.4 Å². The number of nitrogen functional groups attached to an aromatic ring is 1. The van der Waals surface area contributed by atoms with E-state index in [4.69, 9.17) is 10.5 Å². The van der Waals surface area contributed by atoms with E-state index in [1.165, 1.54) is 0 Å². The van der Waals surface area contributed by atoms with Gasteiger partial charge in [-0.2, -0.15) is 0 Å². The molecule has 1 aliphatic heterocycles. The van der Waals surface area contributed by atoms with Crippen molar-refractivity contribution in [1.29, 1.82) is 0 Å². The Labute approximate surface area is 116 Å². The molecular weight excluding hydrogens is 260 g/mol. The van der Waals surface area contributed by atoms with E-state index >= 15 is 0 Å². The highest BCUT2D eigenvalue weighted by molar-refractivity contribution is 7.09. The van der Waals surface area contributed by atoms with Gasteiger partial charge in [-0.25, -0.2) is 9.97 Å². The van der Waals surface area contributed by atoms with Crippen molar-refractivity contribution in [2.75, 3.05) is 25.4 Å². The van der Waals surface area contributed by atoms with Gasteiger partial charge in [0.2, 0.25) is 0 Å². The topological polar surface area (TPSA) is 64.3 Å². The number of hydrogen-bond acceptors (Lipinski definition) is 6. The van der Waals surface area contributed by atoms with E-state index in [0.717, 1.165) is 30.3 Å². The molecule has 3 rings (SSSR count). The Kier molecular flexibility index (Phi) is 3.72. The van der Waals surface area contributed by atoms with Crippen molar-refractivity contribution < 1.29 is 4.74 Å². The quantitative estimate of drug-likeness (QED) is 0.924. The Hall–Kier alpha value is -1.50. The molecule has 2 N–H and O–H groups in total. The summed E-state index contributed by atoms with van der Waals surface area (Å²) < 4.78 is 5.79. The molecule has 100 valence electrons. The Morgan fingerprint density at radius 2 is 2.42 bits per heavy atom. The SMILES string of the molecule is Nc1cccc(C2CN(Cc3nccs3)CCO2)n1. The van der Waals surface area contributed by atoms with Crippen molar-refractivity contribution in [3.05, 3.63) is 40.5 Å². The van der Waals surface area contributed by atoms with Crippen LogP contribution in [0.1, 0.15) is 16.8 Å². The fourth-order valence-corrected chi connectivity index (χ4v) is 2.85. The smallest absolute Gasteiger partial charge is 0.123 e. The van der Waals surface area contributed by atoms with Crippen molar-refractivity contribution >= 4 is 17.2 Å². The molecule has 0 spiro atoms. The van der Waals surface area contributed by atoms with Gasteiger partial charge in [0, 0.05) is 24.7 Å². The van der Waals surface area contributed by atoms with Gasteiger partial charge in [-0.05, 0) is 12.1 Å². The van der Waals surface area contributed by atoms with Crippen LogP contribution in [0, 0.1) is 0 Å². The van der Waals surface area contributed by atoms with Gasteiger partial charge in [0.15, 0.2) is 0 Å². The molecule has 19 heavy (non-hydrogen) atoms. The number of nitrogens with two attached hydrogens (primary N) is 1. The van der Waals surface area contributed by atoms with Crippen LogP contribution in [0.3, 0.4) is 0 Å². The first-order valence-corrected chi connectivity index (χ1v) is 7.14. The van der Waals surface area contributed by atoms with Gasteiger partial charge in [-0.1, -0.05) is 6.07 Å². The third kappa shape index (κ3) is 3.09. The summed E-state index contributed by atoms with van der Waals surface area (Å²) in [5.74, 6) is 0.540. The number of ether oxygens (including phenoxy) is 1. The first kappa shape index (κ1) is 12.5. The average molecular weight is 276 g/mol. The lowest BCUT2D eigenvalue weighted by atomic mass is 10.2. The molecule has 6 heteroatoms. The maximum atomic E-state index is 5.79. The van der Waals surface area contributed by atoms with Crippen LogP contribution in [-0.4, -0.2) is 34.6 Å². The first-order valence-electron chi connectivity index (χ1n) is 6.26. The van der Waals surface area contributed by atoms with Gasteiger partial charge < -0.3 is 10.5 Å². The van der Waals surface area contributed by atoms with Crippen molar-refractivity contribution in [2.45, 2.75) is 12.6 Å². The van der Waals surface area contributed by atoms with Gasteiger partial charge in [0.05, 0.1) is 18.8 Å². The molecule has 0 amide bonds. The number of hydrogen-bond donors (Lipinski definition) is 1. The zero-order valence-corrected chi connectivity index (χ0v) is 11.3. The molecule has 1 fully saturated rings. The largest absolute Gasteiger partial charge is 0.384 e. The average Bonchev–Trinajstić information content (AvgIpc) is 2.92. The molecule has 2 aromatic rings. The number of thiazole rings is 1. The van der Waals surface area contributed by atoms with Gasteiger partial charge in [-0.15, -0.1) is 11.3 Å². The molecule has 0 bridgehead atoms. The lowest BCUT2D eigenvalue weighted by Gasteiger charge is -2.32. The molecule has 3 heterocycles. The molecule has 1 unspecified atom stereocenters. The van der Waals surface area contributed by atoms with Crippen LogP contribution in [0.4, 0.5) is 5.82 Å². The Balaban J connectivity index is 1.67. The van der Waals surface area contributed by atoms with Crippen molar-refractivity contribution in [3.8, 4) is 0 Å². The molecule has 0 aromatic carbocycles. The molecule has 0 aliphatic carbocycles. The number of morpholine rings is 1. The summed E-state index contributed by atoms with van der Waals surface area (Å²) in [6, 6.07) is 5.67. The molecule has 2 aromatic heterocycles. The number of nitrogens with zero attached hydrogens (tertiary/aromatic N) is 3. The van der Waals surface area contributed by atoms with E-state index < -0.39 is 0 Å². The number of pyridine rings is 1. The highest BCUT2D eigenvalue weighted by Crippen LogP contribution is 2.22. The molecule has 1 aliphatic rings. The summed E-state index contributed by atoms with van der Waals surface area (Å²) in [6.07, 6.45) is 1.84. The summed E-state index contributed by atoms with van der Waals surface area (Å²) >= 11 is 1.69. The highest BCUT2D eigenvalue weighted by atomic mass is 32.1. The molecule has 5 nitrogen and oxygen atoms in total. The second kappa shape index (κ2) is 5.64. The van der Waals surface area contributed by atoms with E-state index in [2.05, 4.69) is 14.9 Å². The fourth-order valence-electron chi connectivity index (χ4n) is 2.20. The molecule has 0 radical (unpaired) electrons. The normalized spacial score (nSPS) is 20.5. The minimum absolute atomic E-state index is 0.00258. The summed E-state index contributed by atoms with van der Waals surface area (Å²) in [5.41, 5.74) is 6.63. The van der Waals surface area contributed by atoms with Gasteiger partial charge >= 0.3 is 0 Å². The zero-order chi connectivity index (χ0) is 13.1. The number of aromatic nitrogens is 2. The Morgan fingerprint density at radius 1 is 1.47 bits per heavy atom. The third-order valence-electron chi connectivity index (χ3n) is 3.11. The summed E-state index contributed by atoms with van der Waals surface area (Å²) in [7, 11) is 0. The molecule has 0 saturated carbocycles. The summed E-state index contributed by atoms with van der Waals surface area (Å²) in [6.45, 7) is 3.35. The van der Waals surface area contributed by atoms with Crippen LogP contribution in [0.5, 0.6) is 0 Å². The van der Waals surface area contributed by atoms with Crippen molar-refractivity contribution in [2.24, 2.45) is 0 Å². The van der Waals surface area contributed by atoms with Gasteiger partial charge in [-0.3, -0.25) is 4.90 Å². The maximum absolute atomic E-state index is 5.79. The van der Waals surface area contributed by atoms with Crippen LogP contribution >= 0.6 is 11.3 Å². The van der Waals surface area contributed by atoms with E-state index in [-0.39, 0.29) is 6.10 Å². The standard InChI is InChI=1S/C13H16N4OS/c14-12-3-1-2-10(16-12)11-8-17(5-6-18-11)9-13-15-4-7-19-13/h1-4,7,11H,5-6,8-9H2,(H2,14,16). The van der Waals surface area contributed by atoms with Crippen molar-refractivity contribution in [3.63, 3.8) is 0 Å². The second-order valence-electron chi connectivity index (χ2n) is 4.51. The first-order chi connectivity index (χ1) is 9.31. The summed E-state index contributed by atoms with van der Waals surface area (Å²) in [5, 5.41) is 3.15. The molecule has 1 atom stereocenters. The Bertz CT molecular complexity index is 531. The van der Waals surface area contributed by atoms with Gasteiger partial charge in [0.25, 0.3) is 0 Å². The number of rotatable bonds is 3.